The van der Waals surface area contributed by atoms with Crippen LogP contribution in [0.2, 0.25) is 0 Å². The number of sulfonamides is 1. The monoisotopic (exact) mass is 347 g/mol. The number of hydrogen-bond acceptors (Lipinski definition) is 3. The molecular formula is C18H25N3O2S. The predicted octanol–water partition coefficient (Wildman–Crippen LogP) is 3.69. The third-order valence-electron chi connectivity index (χ3n) is 4.60. The van der Waals surface area contributed by atoms with Gasteiger partial charge >= 0.3 is 0 Å². The minimum Gasteiger partial charge on any atom is -0.268 e. The Morgan fingerprint density at radius 2 is 1.88 bits per heavy atom. The lowest BCUT2D eigenvalue weighted by Gasteiger charge is -2.32. The Morgan fingerprint density at radius 3 is 2.50 bits per heavy atom. The molecule has 1 aromatic carbocycles. The molecule has 130 valence electrons. The quantitative estimate of drug-likeness (QED) is 0.847. The van der Waals surface area contributed by atoms with Crippen LogP contribution in [0.15, 0.2) is 41.4 Å². The average molecular weight is 347 g/mol. The molecule has 0 spiro atoms. The molecule has 1 saturated heterocycles. The van der Waals surface area contributed by atoms with Gasteiger partial charge in [0.25, 0.3) is 0 Å². The average Bonchev–Trinajstić information content (AvgIpc) is 3.02. The van der Waals surface area contributed by atoms with E-state index in [0.717, 1.165) is 24.8 Å². The van der Waals surface area contributed by atoms with E-state index in [9.17, 15) is 8.42 Å². The summed E-state index contributed by atoms with van der Waals surface area (Å²) < 4.78 is 30.0. The second kappa shape index (κ2) is 6.69. The molecule has 1 fully saturated rings. The molecule has 5 nitrogen and oxygen atoms in total. The first kappa shape index (κ1) is 17.2. The van der Waals surface area contributed by atoms with E-state index in [2.05, 4.69) is 5.10 Å². The van der Waals surface area contributed by atoms with Crippen LogP contribution in [0.5, 0.6) is 0 Å². The summed E-state index contributed by atoms with van der Waals surface area (Å²) in [5.74, 6) is 0. The fourth-order valence-electron chi connectivity index (χ4n) is 3.18. The van der Waals surface area contributed by atoms with Gasteiger partial charge in [-0.05, 0) is 33.6 Å². The van der Waals surface area contributed by atoms with Gasteiger partial charge in [0.05, 0.1) is 0 Å². The Kier molecular flexibility index (Phi) is 4.78. The number of benzene rings is 1. The van der Waals surface area contributed by atoms with Crippen molar-refractivity contribution < 1.29 is 8.42 Å². The van der Waals surface area contributed by atoms with Gasteiger partial charge < -0.3 is 0 Å². The molecule has 1 aliphatic heterocycles. The van der Waals surface area contributed by atoms with Crippen molar-refractivity contribution in [1.82, 2.24) is 14.1 Å². The normalized spacial score (nSPS) is 19.8. The summed E-state index contributed by atoms with van der Waals surface area (Å²) in [5.41, 5.74) is 1.38. The number of hydrogen-bond donors (Lipinski definition) is 0. The molecule has 1 aliphatic rings. The maximum absolute atomic E-state index is 13.3. The van der Waals surface area contributed by atoms with Crippen LogP contribution < -0.4 is 0 Å². The molecule has 3 rings (SSSR count). The Bertz CT molecular complexity index is 797. The number of piperidine rings is 1. The van der Waals surface area contributed by atoms with Crippen molar-refractivity contribution in [2.45, 2.75) is 57.0 Å². The molecule has 1 unspecified atom stereocenters. The van der Waals surface area contributed by atoms with Gasteiger partial charge in [0.1, 0.15) is 10.6 Å². The van der Waals surface area contributed by atoms with E-state index in [1.165, 1.54) is 0 Å². The van der Waals surface area contributed by atoms with E-state index in [-0.39, 0.29) is 12.1 Å². The highest BCUT2D eigenvalue weighted by atomic mass is 32.2. The molecule has 0 saturated carbocycles. The lowest BCUT2D eigenvalue weighted by molar-refractivity contribution is 0.268. The first-order valence-electron chi connectivity index (χ1n) is 8.57. The molecule has 0 N–H and O–H groups in total. The highest BCUT2D eigenvalue weighted by Gasteiger charge is 2.34. The second-order valence-corrected chi connectivity index (χ2v) is 8.60. The van der Waals surface area contributed by atoms with Gasteiger partial charge in [-0.2, -0.15) is 9.40 Å². The number of rotatable bonds is 4. The largest absolute Gasteiger partial charge is 0.268 e. The first-order chi connectivity index (χ1) is 11.4. The maximum Gasteiger partial charge on any atom is 0.247 e. The molecule has 1 aromatic heterocycles. The highest BCUT2D eigenvalue weighted by Crippen LogP contribution is 2.32. The third-order valence-corrected chi connectivity index (χ3v) is 6.62. The van der Waals surface area contributed by atoms with Crippen molar-refractivity contribution in [2.24, 2.45) is 0 Å². The maximum atomic E-state index is 13.3. The SMILES string of the molecule is CC1CCCCN1S(=O)(=O)c1cn(C(C)C)nc1-c1ccccc1. The summed E-state index contributed by atoms with van der Waals surface area (Å²) in [7, 11) is -3.55. The summed E-state index contributed by atoms with van der Waals surface area (Å²) in [6, 6.07) is 9.69. The zero-order valence-electron chi connectivity index (χ0n) is 14.5. The van der Waals surface area contributed by atoms with Gasteiger partial charge in [-0.25, -0.2) is 8.42 Å². The molecule has 2 heterocycles. The molecule has 6 heteroatoms. The predicted molar refractivity (Wildman–Crippen MR) is 95.3 cm³/mol. The summed E-state index contributed by atoms with van der Waals surface area (Å²) >= 11 is 0. The molecule has 0 aliphatic carbocycles. The summed E-state index contributed by atoms with van der Waals surface area (Å²) in [6.45, 7) is 6.58. The van der Waals surface area contributed by atoms with Gasteiger partial charge in [0.15, 0.2) is 0 Å². The highest BCUT2D eigenvalue weighted by molar-refractivity contribution is 7.89. The molecule has 0 bridgehead atoms. The lowest BCUT2D eigenvalue weighted by Crippen LogP contribution is -2.41. The second-order valence-electron chi connectivity index (χ2n) is 6.74. The first-order valence-corrected chi connectivity index (χ1v) is 10.0. The number of nitrogens with zero attached hydrogens (tertiary/aromatic N) is 3. The van der Waals surface area contributed by atoms with Crippen molar-refractivity contribution in [2.75, 3.05) is 6.54 Å². The molecule has 24 heavy (non-hydrogen) atoms. The Balaban J connectivity index is 2.12. The van der Waals surface area contributed by atoms with E-state index < -0.39 is 10.0 Å². The van der Waals surface area contributed by atoms with Gasteiger partial charge in [-0.15, -0.1) is 0 Å². The zero-order valence-corrected chi connectivity index (χ0v) is 15.3. The molecule has 1 atom stereocenters. The molecule has 0 radical (unpaired) electrons. The number of aromatic nitrogens is 2. The van der Waals surface area contributed by atoms with Crippen molar-refractivity contribution in [3.8, 4) is 11.3 Å². The van der Waals surface area contributed by atoms with Gasteiger partial charge in [-0.3, -0.25) is 4.68 Å². The van der Waals surface area contributed by atoms with E-state index in [1.54, 1.807) is 15.2 Å². The van der Waals surface area contributed by atoms with Crippen LogP contribution in [-0.2, 0) is 10.0 Å². The zero-order chi connectivity index (χ0) is 17.3. The fraction of sp³-hybridized carbons (Fsp3) is 0.500. The van der Waals surface area contributed by atoms with Crippen LogP contribution in [0.4, 0.5) is 0 Å². The molecular weight excluding hydrogens is 322 g/mol. The standard InChI is InChI=1S/C18H25N3O2S/c1-14(2)20-13-17(18(19-20)16-10-5-4-6-11-16)24(22,23)21-12-8-7-9-15(21)3/h4-6,10-11,13-15H,7-9,12H2,1-3H3. The van der Waals surface area contributed by atoms with Crippen molar-refractivity contribution >= 4 is 10.0 Å². The van der Waals surface area contributed by atoms with Crippen LogP contribution in [0.3, 0.4) is 0 Å². The summed E-state index contributed by atoms with van der Waals surface area (Å²) in [5, 5.41) is 4.58. The topological polar surface area (TPSA) is 55.2 Å². The fourth-order valence-corrected chi connectivity index (χ4v) is 5.02. The van der Waals surface area contributed by atoms with E-state index in [1.807, 2.05) is 51.1 Å². The molecule has 2 aromatic rings. The lowest BCUT2D eigenvalue weighted by atomic mass is 10.1. The Labute approximate surface area is 144 Å². The van der Waals surface area contributed by atoms with Crippen molar-refractivity contribution in [1.29, 1.82) is 0 Å². The minimum atomic E-state index is -3.55. The minimum absolute atomic E-state index is 0.0368. The third kappa shape index (κ3) is 3.13. The van der Waals surface area contributed by atoms with Crippen molar-refractivity contribution in [3.63, 3.8) is 0 Å². The Morgan fingerprint density at radius 1 is 1.17 bits per heavy atom. The van der Waals surface area contributed by atoms with Gasteiger partial charge in [-0.1, -0.05) is 36.8 Å². The van der Waals surface area contributed by atoms with Crippen molar-refractivity contribution in [3.05, 3.63) is 36.5 Å². The van der Waals surface area contributed by atoms with Crippen LogP contribution in [0.1, 0.15) is 46.1 Å². The molecule has 0 amide bonds. The summed E-state index contributed by atoms with van der Waals surface area (Å²) in [6.07, 6.45) is 4.61. The van der Waals surface area contributed by atoms with Crippen LogP contribution in [0, 0.1) is 0 Å². The summed E-state index contributed by atoms with van der Waals surface area (Å²) in [4.78, 5) is 0.316. The van der Waals surface area contributed by atoms with E-state index >= 15 is 0 Å². The smallest absolute Gasteiger partial charge is 0.247 e. The van der Waals surface area contributed by atoms with Crippen LogP contribution in [-0.4, -0.2) is 35.1 Å². The van der Waals surface area contributed by atoms with E-state index in [4.69, 9.17) is 0 Å². The van der Waals surface area contributed by atoms with Gasteiger partial charge in [0.2, 0.25) is 10.0 Å². The Hall–Kier alpha value is -1.66. The van der Waals surface area contributed by atoms with E-state index in [0.29, 0.717) is 17.1 Å². The van der Waals surface area contributed by atoms with Crippen LogP contribution >= 0.6 is 0 Å². The van der Waals surface area contributed by atoms with Gasteiger partial charge in [0, 0.05) is 30.4 Å². The van der Waals surface area contributed by atoms with Crippen LogP contribution in [0.25, 0.3) is 11.3 Å².